The Kier molecular flexibility index (Phi) is 3.97. The third-order valence-electron chi connectivity index (χ3n) is 1.79. The number of ether oxygens (including phenoxy) is 2. The van der Waals surface area contributed by atoms with Crippen molar-refractivity contribution in [3.8, 4) is 11.5 Å². The van der Waals surface area contributed by atoms with Gasteiger partial charge >= 0.3 is 5.97 Å². The van der Waals surface area contributed by atoms with Gasteiger partial charge in [-0.1, -0.05) is 6.07 Å². The summed E-state index contributed by atoms with van der Waals surface area (Å²) in [5.74, 6) is -0.419. The Morgan fingerprint density at radius 2 is 2.07 bits per heavy atom. The highest BCUT2D eigenvalue weighted by molar-refractivity contribution is 5.93. The van der Waals surface area contributed by atoms with E-state index in [0.717, 1.165) is 0 Å². The highest BCUT2D eigenvalue weighted by Gasteiger charge is 2.15. The maximum absolute atomic E-state index is 11.4. The zero-order valence-corrected chi connectivity index (χ0v) is 8.82. The molecule has 0 amide bonds. The van der Waals surface area contributed by atoms with Gasteiger partial charge in [-0.15, -0.1) is 0 Å². The third kappa shape index (κ3) is 2.62. The molecular formula is C11H14O4. The molecule has 0 aromatic heterocycles. The molecule has 82 valence electrons. The Morgan fingerprint density at radius 1 is 1.33 bits per heavy atom. The topological polar surface area (TPSA) is 55.8 Å². The molecule has 0 radical (unpaired) electrons. The quantitative estimate of drug-likeness (QED) is 0.772. The molecule has 1 aromatic carbocycles. The summed E-state index contributed by atoms with van der Waals surface area (Å²) in [5, 5.41) is 9.69. The standard InChI is InChI=1S/C11H14O4/c1-3-14-9-7-5-6-8(10(9)12)11(13)15-4-2/h5-7,12H,3-4H2,1-2H3. The minimum absolute atomic E-state index is 0.128. The first-order valence-corrected chi connectivity index (χ1v) is 4.82. The van der Waals surface area contributed by atoms with E-state index in [1.54, 1.807) is 26.0 Å². The van der Waals surface area contributed by atoms with E-state index in [2.05, 4.69) is 0 Å². The van der Waals surface area contributed by atoms with Crippen LogP contribution in [0.4, 0.5) is 0 Å². The second-order valence-corrected chi connectivity index (χ2v) is 2.81. The predicted octanol–water partition coefficient (Wildman–Crippen LogP) is 1.97. The largest absolute Gasteiger partial charge is 0.504 e. The highest BCUT2D eigenvalue weighted by Crippen LogP contribution is 2.30. The predicted molar refractivity (Wildman–Crippen MR) is 55.2 cm³/mol. The number of aromatic hydroxyl groups is 1. The van der Waals surface area contributed by atoms with E-state index in [4.69, 9.17) is 9.47 Å². The summed E-state index contributed by atoms with van der Waals surface area (Å²) in [5.41, 5.74) is 0.128. The maximum atomic E-state index is 11.4. The normalized spacial score (nSPS) is 9.73. The molecule has 1 N–H and O–H groups in total. The van der Waals surface area contributed by atoms with Gasteiger partial charge < -0.3 is 14.6 Å². The number of esters is 1. The van der Waals surface area contributed by atoms with Crippen LogP contribution in [-0.4, -0.2) is 24.3 Å². The van der Waals surface area contributed by atoms with Crippen molar-refractivity contribution in [1.29, 1.82) is 0 Å². The van der Waals surface area contributed by atoms with E-state index in [0.29, 0.717) is 12.4 Å². The van der Waals surface area contributed by atoms with Gasteiger partial charge in [0, 0.05) is 0 Å². The first-order chi connectivity index (χ1) is 7.20. The molecule has 0 unspecified atom stereocenters. The molecule has 0 saturated heterocycles. The zero-order valence-electron chi connectivity index (χ0n) is 8.82. The first kappa shape index (κ1) is 11.4. The second kappa shape index (κ2) is 5.24. The number of hydrogen-bond donors (Lipinski definition) is 1. The van der Waals surface area contributed by atoms with Crippen molar-refractivity contribution in [2.24, 2.45) is 0 Å². The van der Waals surface area contributed by atoms with Crippen LogP contribution in [0.1, 0.15) is 24.2 Å². The summed E-state index contributed by atoms with van der Waals surface area (Å²) in [6.45, 7) is 4.22. The Hall–Kier alpha value is -1.71. The van der Waals surface area contributed by atoms with Crippen LogP contribution in [-0.2, 0) is 4.74 Å². The molecule has 0 aliphatic carbocycles. The zero-order chi connectivity index (χ0) is 11.3. The molecule has 0 saturated carbocycles. The summed E-state index contributed by atoms with van der Waals surface area (Å²) < 4.78 is 9.94. The minimum Gasteiger partial charge on any atom is -0.504 e. The molecule has 1 aromatic rings. The molecular weight excluding hydrogens is 196 g/mol. The van der Waals surface area contributed by atoms with Crippen LogP contribution < -0.4 is 4.74 Å². The van der Waals surface area contributed by atoms with Crippen molar-refractivity contribution in [2.75, 3.05) is 13.2 Å². The number of benzene rings is 1. The number of carbonyl (C=O) groups excluding carboxylic acids is 1. The average Bonchev–Trinajstić information content (AvgIpc) is 2.22. The maximum Gasteiger partial charge on any atom is 0.342 e. The molecule has 0 fully saturated rings. The molecule has 0 bridgehead atoms. The Morgan fingerprint density at radius 3 is 2.67 bits per heavy atom. The van der Waals surface area contributed by atoms with Crippen LogP contribution in [0.2, 0.25) is 0 Å². The van der Waals surface area contributed by atoms with Crippen molar-refractivity contribution in [2.45, 2.75) is 13.8 Å². The Balaban J connectivity index is 2.98. The van der Waals surface area contributed by atoms with E-state index in [1.807, 2.05) is 0 Å². The fourth-order valence-corrected chi connectivity index (χ4v) is 1.17. The van der Waals surface area contributed by atoms with Crippen molar-refractivity contribution < 1.29 is 19.4 Å². The van der Waals surface area contributed by atoms with E-state index in [9.17, 15) is 9.90 Å². The van der Waals surface area contributed by atoms with Crippen LogP contribution in [0.25, 0.3) is 0 Å². The number of phenols is 1. The lowest BCUT2D eigenvalue weighted by atomic mass is 10.2. The summed E-state index contributed by atoms with van der Waals surface area (Å²) in [6.07, 6.45) is 0. The molecule has 0 spiro atoms. The Labute approximate surface area is 88.4 Å². The summed E-state index contributed by atoms with van der Waals surface area (Å²) in [4.78, 5) is 11.4. The first-order valence-electron chi connectivity index (χ1n) is 4.82. The summed E-state index contributed by atoms with van der Waals surface area (Å²) in [6, 6.07) is 4.73. The van der Waals surface area contributed by atoms with Gasteiger partial charge in [0.1, 0.15) is 5.56 Å². The van der Waals surface area contributed by atoms with Gasteiger partial charge in [0.2, 0.25) is 0 Å². The molecule has 0 heterocycles. The lowest BCUT2D eigenvalue weighted by Gasteiger charge is -2.08. The average molecular weight is 210 g/mol. The summed E-state index contributed by atoms with van der Waals surface area (Å²) in [7, 11) is 0. The van der Waals surface area contributed by atoms with Gasteiger partial charge in [0.25, 0.3) is 0 Å². The molecule has 0 aliphatic rings. The fourth-order valence-electron chi connectivity index (χ4n) is 1.17. The van der Waals surface area contributed by atoms with Gasteiger partial charge in [-0.3, -0.25) is 0 Å². The molecule has 0 aliphatic heterocycles. The van der Waals surface area contributed by atoms with Crippen molar-refractivity contribution in [3.05, 3.63) is 23.8 Å². The van der Waals surface area contributed by atoms with Gasteiger partial charge in [-0.2, -0.15) is 0 Å². The van der Waals surface area contributed by atoms with E-state index in [-0.39, 0.29) is 17.9 Å². The van der Waals surface area contributed by atoms with Crippen LogP contribution in [0.3, 0.4) is 0 Å². The SMILES string of the molecule is CCOC(=O)c1cccc(OCC)c1O. The van der Waals surface area contributed by atoms with Crippen molar-refractivity contribution >= 4 is 5.97 Å². The lowest BCUT2D eigenvalue weighted by molar-refractivity contribution is 0.0522. The van der Waals surface area contributed by atoms with E-state index >= 15 is 0 Å². The lowest BCUT2D eigenvalue weighted by Crippen LogP contribution is -2.05. The number of phenolic OH excluding ortho intramolecular Hbond substituents is 1. The number of rotatable bonds is 4. The summed E-state index contributed by atoms with van der Waals surface area (Å²) >= 11 is 0. The van der Waals surface area contributed by atoms with Gasteiger partial charge in [0.05, 0.1) is 13.2 Å². The van der Waals surface area contributed by atoms with E-state index in [1.165, 1.54) is 6.07 Å². The van der Waals surface area contributed by atoms with Crippen molar-refractivity contribution in [1.82, 2.24) is 0 Å². The molecule has 15 heavy (non-hydrogen) atoms. The number of carbonyl (C=O) groups is 1. The smallest absolute Gasteiger partial charge is 0.342 e. The van der Waals surface area contributed by atoms with Crippen LogP contribution >= 0.6 is 0 Å². The second-order valence-electron chi connectivity index (χ2n) is 2.81. The third-order valence-corrected chi connectivity index (χ3v) is 1.79. The highest BCUT2D eigenvalue weighted by atomic mass is 16.5. The molecule has 1 rings (SSSR count). The molecule has 4 heteroatoms. The van der Waals surface area contributed by atoms with Gasteiger partial charge in [0.15, 0.2) is 11.5 Å². The molecule has 0 atom stereocenters. The fraction of sp³-hybridized carbons (Fsp3) is 0.364. The van der Waals surface area contributed by atoms with Crippen LogP contribution in [0.5, 0.6) is 11.5 Å². The van der Waals surface area contributed by atoms with Gasteiger partial charge in [-0.25, -0.2) is 4.79 Å². The number of hydrogen-bond acceptors (Lipinski definition) is 4. The van der Waals surface area contributed by atoms with E-state index < -0.39 is 5.97 Å². The molecule has 4 nitrogen and oxygen atoms in total. The number of para-hydroxylation sites is 1. The monoisotopic (exact) mass is 210 g/mol. The van der Waals surface area contributed by atoms with Gasteiger partial charge in [-0.05, 0) is 26.0 Å². The minimum atomic E-state index is -0.545. The van der Waals surface area contributed by atoms with Crippen molar-refractivity contribution in [3.63, 3.8) is 0 Å². The van der Waals surface area contributed by atoms with Crippen LogP contribution in [0.15, 0.2) is 18.2 Å². The van der Waals surface area contributed by atoms with Crippen LogP contribution in [0, 0.1) is 0 Å². The Bertz CT molecular complexity index is 346.